The van der Waals surface area contributed by atoms with Gasteiger partial charge in [-0.05, 0) is 31.2 Å². The van der Waals surface area contributed by atoms with Crippen LogP contribution >= 0.6 is 0 Å². The molecule has 0 aliphatic heterocycles. The Labute approximate surface area is 117 Å². The summed E-state index contributed by atoms with van der Waals surface area (Å²) in [6.07, 6.45) is 5.55. The summed E-state index contributed by atoms with van der Waals surface area (Å²) in [6.45, 7) is 3.69. The summed E-state index contributed by atoms with van der Waals surface area (Å²) in [5, 5.41) is 4.51. The van der Waals surface area contributed by atoms with Gasteiger partial charge in [0.15, 0.2) is 0 Å². The average molecular weight is 267 g/mol. The Balaban J connectivity index is 1.84. The lowest BCUT2D eigenvalue weighted by atomic mass is 10.1. The predicted molar refractivity (Wildman–Crippen MR) is 81.6 cm³/mol. The van der Waals surface area contributed by atoms with Gasteiger partial charge in [0.25, 0.3) is 0 Å². The molecule has 3 N–H and O–H groups in total. The second kappa shape index (κ2) is 5.21. The molecule has 0 spiro atoms. The number of nitrogen functional groups attached to an aromatic ring is 1. The van der Waals surface area contributed by atoms with Gasteiger partial charge < -0.3 is 15.6 Å². The van der Waals surface area contributed by atoms with Crippen LogP contribution in [0, 0.1) is 6.92 Å². The molecule has 2 aromatic heterocycles. The van der Waals surface area contributed by atoms with Crippen molar-refractivity contribution in [1.29, 1.82) is 0 Å². The van der Waals surface area contributed by atoms with Crippen molar-refractivity contribution in [2.45, 2.75) is 13.5 Å². The Morgan fingerprint density at radius 3 is 3.00 bits per heavy atom. The molecule has 0 radical (unpaired) electrons. The number of imidazole rings is 1. The number of anilines is 2. The lowest BCUT2D eigenvalue weighted by Crippen LogP contribution is -2.10. The van der Waals surface area contributed by atoms with Gasteiger partial charge in [0.2, 0.25) is 0 Å². The van der Waals surface area contributed by atoms with Crippen molar-refractivity contribution < 1.29 is 0 Å². The normalized spacial score (nSPS) is 10.8. The Kier molecular flexibility index (Phi) is 3.25. The molecule has 0 aliphatic carbocycles. The van der Waals surface area contributed by atoms with Crippen molar-refractivity contribution in [3.05, 3.63) is 48.7 Å². The maximum absolute atomic E-state index is 5.87. The largest absolute Gasteiger partial charge is 0.399 e. The van der Waals surface area contributed by atoms with Crippen molar-refractivity contribution in [2.75, 3.05) is 17.6 Å². The molecule has 0 fully saturated rings. The minimum Gasteiger partial charge on any atom is -0.399 e. The van der Waals surface area contributed by atoms with Crippen LogP contribution in [0.5, 0.6) is 0 Å². The molecule has 5 heteroatoms. The molecule has 0 bridgehead atoms. The predicted octanol–water partition coefficient (Wildman–Crippen LogP) is 2.43. The summed E-state index contributed by atoms with van der Waals surface area (Å²) in [5.74, 6) is 0. The van der Waals surface area contributed by atoms with Crippen molar-refractivity contribution in [2.24, 2.45) is 0 Å². The fraction of sp³-hybridized carbons (Fsp3) is 0.200. The Morgan fingerprint density at radius 2 is 2.20 bits per heavy atom. The third-order valence-electron chi connectivity index (χ3n) is 3.21. The van der Waals surface area contributed by atoms with Crippen LogP contribution in [0.4, 0.5) is 11.4 Å². The molecule has 3 aromatic rings. The fourth-order valence-electron chi connectivity index (χ4n) is 2.26. The number of pyridine rings is 1. The topological polar surface area (TPSA) is 68.8 Å². The zero-order valence-electron chi connectivity index (χ0n) is 11.4. The van der Waals surface area contributed by atoms with E-state index >= 15 is 0 Å². The molecular formula is C15H17N5. The van der Waals surface area contributed by atoms with Gasteiger partial charge in [0.1, 0.15) is 0 Å². The smallest absolute Gasteiger partial charge is 0.0946 e. The fourth-order valence-corrected chi connectivity index (χ4v) is 2.26. The third kappa shape index (κ3) is 2.56. The van der Waals surface area contributed by atoms with E-state index in [4.69, 9.17) is 5.73 Å². The third-order valence-corrected chi connectivity index (χ3v) is 3.21. The second-order valence-corrected chi connectivity index (χ2v) is 4.82. The highest BCUT2D eigenvalue weighted by molar-refractivity contribution is 5.93. The van der Waals surface area contributed by atoms with E-state index in [-0.39, 0.29) is 0 Å². The molecule has 0 unspecified atom stereocenters. The monoisotopic (exact) mass is 267 g/mol. The van der Waals surface area contributed by atoms with Gasteiger partial charge in [-0.3, -0.25) is 4.98 Å². The average Bonchev–Trinajstić information content (AvgIpc) is 2.92. The zero-order valence-corrected chi connectivity index (χ0v) is 11.4. The number of hydrogen-bond donors (Lipinski definition) is 2. The summed E-state index contributed by atoms with van der Waals surface area (Å²) in [7, 11) is 0. The highest BCUT2D eigenvalue weighted by Crippen LogP contribution is 2.25. The maximum Gasteiger partial charge on any atom is 0.0946 e. The summed E-state index contributed by atoms with van der Waals surface area (Å²) in [6, 6.07) is 7.85. The van der Waals surface area contributed by atoms with Crippen LogP contribution < -0.4 is 11.1 Å². The van der Waals surface area contributed by atoms with Gasteiger partial charge in [0.05, 0.1) is 11.8 Å². The minimum absolute atomic E-state index is 0.751. The van der Waals surface area contributed by atoms with E-state index < -0.39 is 0 Å². The first-order valence-corrected chi connectivity index (χ1v) is 6.59. The van der Waals surface area contributed by atoms with Gasteiger partial charge in [-0.15, -0.1) is 0 Å². The van der Waals surface area contributed by atoms with E-state index in [1.54, 1.807) is 6.20 Å². The van der Waals surface area contributed by atoms with Gasteiger partial charge in [-0.1, -0.05) is 0 Å². The van der Waals surface area contributed by atoms with Crippen LogP contribution in [-0.2, 0) is 6.54 Å². The first-order valence-electron chi connectivity index (χ1n) is 6.59. The van der Waals surface area contributed by atoms with Crippen LogP contribution in [0.15, 0.2) is 43.0 Å². The number of aryl methyl sites for hydroxylation is 1. The molecule has 0 saturated carbocycles. The first kappa shape index (κ1) is 12.5. The Hall–Kier alpha value is -2.56. The zero-order chi connectivity index (χ0) is 13.9. The van der Waals surface area contributed by atoms with Crippen LogP contribution in [0.25, 0.3) is 10.9 Å². The van der Waals surface area contributed by atoms with Crippen LogP contribution in [0.1, 0.15) is 5.69 Å². The highest BCUT2D eigenvalue weighted by Gasteiger charge is 2.04. The molecule has 0 atom stereocenters. The summed E-state index contributed by atoms with van der Waals surface area (Å²) in [5.41, 5.74) is 9.64. The molecule has 2 heterocycles. The summed E-state index contributed by atoms with van der Waals surface area (Å²) >= 11 is 0. The lowest BCUT2D eigenvalue weighted by Gasteiger charge is -2.11. The van der Waals surface area contributed by atoms with E-state index in [0.29, 0.717) is 0 Å². The molecule has 0 saturated heterocycles. The number of nitrogens with two attached hydrogens (primary N) is 1. The van der Waals surface area contributed by atoms with E-state index in [9.17, 15) is 0 Å². The second-order valence-electron chi connectivity index (χ2n) is 4.82. The van der Waals surface area contributed by atoms with E-state index in [0.717, 1.165) is 41.1 Å². The van der Waals surface area contributed by atoms with E-state index in [1.165, 1.54) is 0 Å². The highest BCUT2D eigenvalue weighted by atomic mass is 15.0. The summed E-state index contributed by atoms with van der Waals surface area (Å²) < 4.78 is 2.04. The quantitative estimate of drug-likeness (QED) is 0.712. The molecule has 102 valence electrons. The maximum atomic E-state index is 5.87. The number of nitrogens with one attached hydrogen (secondary N) is 1. The molecule has 5 nitrogen and oxygen atoms in total. The number of fused-ring (bicyclic) bond motifs is 1. The van der Waals surface area contributed by atoms with Crippen LogP contribution in [0.2, 0.25) is 0 Å². The van der Waals surface area contributed by atoms with E-state index in [2.05, 4.69) is 21.4 Å². The molecule has 0 aliphatic rings. The van der Waals surface area contributed by atoms with Crippen molar-refractivity contribution in [3.63, 3.8) is 0 Å². The van der Waals surface area contributed by atoms with Crippen molar-refractivity contribution in [1.82, 2.24) is 14.5 Å². The number of aromatic nitrogens is 3. The van der Waals surface area contributed by atoms with Crippen LogP contribution in [0.3, 0.4) is 0 Å². The van der Waals surface area contributed by atoms with Crippen molar-refractivity contribution in [3.8, 4) is 0 Å². The SMILES string of the molecule is Cc1cc(NCCn2ccnc2)c2cc(N)ccc2n1. The molecule has 20 heavy (non-hydrogen) atoms. The first-order chi connectivity index (χ1) is 9.72. The number of rotatable bonds is 4. The molecular weight excluding hydrogens is 250 g/mol. The van der Waals surface area contributed by atoms with Crippen molar-refractivity contribution >= 4 is 22.3 Å². The minimum atomic E-state index is 0.751. The standard InChI is InChI=1S/C15H17N5/c1-11-8-15(18-5-7-20-6-4-17-10-20)13-9-12(16)2-3-14(13)19-11/h2-4,6,8-10H,5,7,16H2,1H3,(H,18,19). The molecule has 3 rings (SSSR count). The van der Waals surface area contributed by atoms with Gasteiger partial charge >= 0.3 is 0 Å². The summed E-state index contributed by atoms with van der Waals surface area (Å²) in [4.78, 5) is 8.56. The number of hydrogen-bond acceptors (Lipinski definition) is 4. The number of nitrogens with zero attached hydrogens (tertiary/aromatic N) is 3. The van der Waals surface area contributed by atoms with Gasteiger partial charge in [0, 0.05) is 47.9 Å². The lowest BCUT2D eigenvalue weighted by molar-refractivity contribution is 0.727. The van der Waals surface area contributed by atoms with Crippen LogP contribution in [-0.4, -0.2) is 21.1 Å². The molecule has 0 amide bonds. The Morgan fingerprint density at radius 1 is 1.30 bits per heavy atom. The number of benzene rings is 1. The molecule has 1 aromatic carbocycles. The van der Waals surface area contributed by atoms with Gasteiger partial charge in [-0.25, -0.2) is 4.98 Å². The van der Waals surface area contributed by atoms with E-state index in [1.807, 2.05) is 42.2 Å². The van der Waals surface area contributed by atoms with Gasteiger partial charge in [-0.2, -0.15) is 0 Å². The Bertz CT molecular complexity index is 718.